The summed E-state index contributed by atoms with van der Waals surface area (Å²) < 4.78 is 11.8. The number of H-pyrrole nitrogens is 1. The van der Waals surface area contributed by atoms with Crippen molar-refractivity contribution in [3.8, 4) is 11.5 Å². The Labute approximate surface area is 204 Å². The lowest BCUT2D eigenvalue weighted by Crippen LogP contribution is -2.13. The van der Waals surface area contributed by atoms with Crippen LogP contribution in [0.5, 0.6) is 11.5 Å². The molecule has 0 radical (unpaired) electrons. The molecule has 0 unspecified atom stereocenters. The van der Waals surface area contributed by atoms with Crippen LogP contribution in [0.4, 0.5) is 17.3 Å². The third-order valence-electron chi connectivity index (χ3n) is 4.43. The number of rotatable bonds is 6. The smallest absolute Gasteiger partial charge is 0.258 e. The second-order valence-electron chi connectivity index (χ2n) is 6.45. The normalized spacial score (nSPS) is 10.9. The molecular weight excluding hydrogens is 543 g/mol. The van der Waals surface area contributed by atoms with E-state index in [2.05, 4.69) is 46.7 Å². The van der Waals surface area contributed by atoms with E-state index < -0.39 is 5.91 Å². The Morgan fingerprint density at radius 2 is 1.88 bits per heavy atom. The molecule has 0 aliphatic carbocycles. The van der Waals surface area contributed by atoms with Gasteiger partial charge in [0.15, 0.2) is 23.1 Å². The average molecular weight is 558 g/mol. The fourth-order valence-electron chi connectivity index (χ4n) is 2.97. The second kappa shape index (κ2) is 9.10. The van der Waals surface area contributed by atoms with Crippen molar-refractivity contribution in [2.45, 2.75) is 6.92 Å². The van der Waals surface area contributed by atoms with Crippen LogP contribution in [0.2, 0.25) is 10.0 Å². The fourth-order valence-corrected chi connectivity index (χ4v) is 5.54. The summed E-state index contributed by atoms with van der Waals surface area (Å²) in [4.78, 5) is 21.7. The van der Waals surface area contributed by atoms with E-state index in [0.29, 0.717) is 31.9 Å². The van der Waals surface area contributed by atoms with Gasteiger partial charge in [0.05, 0.1) is 35.7 Å². The van der Waals surface area contributed by atoms with Gasteiger partial charge in [-0.25, -0.2) is 9.97 Å². The van der Waals surface area contributed by atoms with E-state index in [1.165, 1.54) is 31.9 Å². The van der Waals surface area contributed by atoms with Crippen molar-refractivity contribution < 1.29 is 14.3 Å². The second-order valence-corrected chi connectivity index (χ2v) is 8.88. The molecule has 0 atom stereocenters. The van der Waals surface area contributed by atoms with Crippen LogP contribution in [0.15, 0.2) is 22.2 Å². The van der Waals surface area contributed by atoms with Gasteiger partial charge in [0.25, 0.3) is 5.91 Å². The molecule has 0 saturated heterocycles. The van der Waals surface area contributed by atoms with Crippen LogP contribution in [-0.2, 0) is 0 Å². The summed E-state index contributed by atoms with van der Waals surface area (Å²) >= 11 is 17.5. The molecule has 32 heavy (non-hydrogen) atoms. The quantitative estimate of drug-likeness (QED) is 0.274. The highest BCUT2D eigenvalue weighted by molar-refractivity contribution is 9.10. The number of hydrogen-bond acceptors (Lipinski definition) is 8. The van der Waals surface area contributed by atoms with E-state index in [1.54, 1.807) is 5.38 Å². The fraction of sp³-hybridized carbons (Fsp3) is 0.158. The van der Waals surface area contributed by atoms with Crippen molar-refractivity contribution in [3.63, 3.8) is 0 Å². The lowest BCUT2D eigenvalue weighted by molar-refractivity contribution is 0.102. The predicted octanol–water partition coefficient (Wildman–Crippen LogP) is 5.81. The zero-order valence-corrected chi connectivity index (χ0v) is 20.8. The Morgan fingerprint density at radius 3 is 2.47 bits per heavy atom. The number of aromatic nitrogens is 4. The first-order valence-electron chi connectivity index (χ1n) is 8.96. The van der Waals surface area contributed by atoms with Crippen LogP contribution in [0.3, 0.4) is 0 Å². The van der Waals surface area contributed by atoms with Crippen LogP contribution < -0.4 is 20.1 Å². The number of methoxy groups -OCH3 is 2. The molecule has 1 aromatic carbocycles. The lowest BCUT2D eigenvalue weighted by atomic mass is 10.2. The molecule has 0 bridgehead atoms. The first-order valence-corrected chi connectivity index (χ1v) is 11.4. The zero-order chi connectivity index (χ0) is 23.0. The molecule has 166 valence electrons. The molecule has 3 aromatic heterocycles. The van der Waals surface area contributed by atoms with Crippen molar-refractivity contribution in [2.75, 3.05) is 24.9 Å². The number of carbonyl (C=O) groups excluding carboxylic acids is 1. The van der Waals surface area contributed by atoms with E-state index in [1.807, 2.05) is 13.0 Å². The van der Waals surface area contributed by atoms with Crippen LogP contribution in [-0.4, -0.2) is 40.3 Å². The standard InChI is InChI=1S/C19H15BrCl2N6O3S/c1-7-4-9(28-27-7)25-18-17-13(23-6-24-18)8(5-32-17)19(29)26-14-11(21)15(30-2)10(20)16(31-3)12(14)22/h4-6H,1-3H3,(H,26,29)(H2,23,24,25,27,28). The molecule has 1 amide bonds. The third-order valence-corrected chi connectivity index (χ3v) is 6.85. The maximum atomic E-state index is 13.1. The van der Waals surface area contributed by atoms with Gasteiger partial charge in [-0.1, -0.05) is 23.2 Å². The maximum absolute atomic E-state index is 13.1. The Kier molecular flexibility index (Phi) is 6.42. The summed E-state index contributed by atoms with van der Waals surface area (Å²) in [6.45, 7) is 1.89. The Hall–Kier alpha value is -2.60. The first-order chi connectivity index (χ1) is 15.3. The number of anilines is 3. The SMILES string of the molecule is COc1c(Cl)c(NC(=O)c2csc3c(Nc4cc(C)[nH]n4)ncnc23)c(Cl)c(OC)c1Br. The number of carbonyl (C=O) groups is 1. The molecule has 13 heteroatoms. The average Bonchev–Trinajstić information content (AvgIpc) is 3.38. The number of fused-ring (bicyclic) bond motifs is 1. The minimum absolute atomic E-state index is 0.129. The number of nitrogens with one attached hydrogen (secondary N) is 3. The van der Waals surface area contributed by atoms with Gasteiger partial charge < -0.3 is 20.1 Å². The highest BCUT2D eigenvalue weighted by atomic mass is 79.9. The van der Waals surface area contributed by atoms with Gasteiger partial charge >= 0.3 is 0 Å². The molecule has 0 spiro atoms. The van der Waals surface area contributed by atoms with E-state index in [0.717, 1.165) is 5.69 Å². The minimum atomic E-state index is -0.452. The number of amides is 1. The molecule has 3 heterocycles. The van der Waals surface area contributed by atoms with E-state index in [9.17, 15) is 4.79 Å². The van der Waals surface area contributed by atoms with E-state index >= 15 is 0 Å². The van der Waals surface area contributed by atoms with Crippen molar-refractivity contribution in [1.82, 2.24) is 20.2 Å². The van der Waals surface area contributed by atoms with Crippen molar-refractivity contribution >= 4 is 83.9 Å². The largest absolute Gasteiger partial charge is 0.494 e. The number of hydrogen-bond donors (Lipinski definition) is 3. The first kappa shape index (κ1) is 22.6. The van der Waals surface area contributed by atoms with Gasteiger partial charge in [0, 0.05) is 17.1 Å². The zero-order valence-electron chi connectivity index (χ0n) is 16.8. The van der Waals surface area contributed by atoms with Crippen LogP contribution >= 0.6 is 50.5 Å². The highest BCUT2D eigenvalue weighted by Gasteiger charge is 2.25. The predicted molar refractivity (Wildman–Crippen MR) is 129 cm³/mol. The topological polar surface area (TPSA) is 114 Å². The molecule has 3 N–H and O–H groups in total. The summed E-state index contributed by atoms with van der Waals surface area (Å²) in [5, 5.41) is 14.8. The number of aromatic amines is 1. The summed E-state index contributed by atoms with van der Waals surface area (Å²) in [5.74, 6) is 1.25. The van der Waals surface area contributed by atoms with Gasteiger partial charge in [0.2, 0.25) is 0 Å². The highest BCUT2D eigenvalue weighted by Crippen LogP contribution is 2.50. The Bertz CT molecular complexity index is 1310. The Balaban J connectivity index is 1.71. The van der Waals surface area contributed by atoms with Crippen LogP contribution in [0, 0.1) is 6.92 Å². The summed E-state index contributed by atoms with van der Waals surface area (Å²) in [6, 6.07) is 1.84. The van der Waals surface area contributed by atoms with Crippen molar-refractivity contribution in [3.05, 3.63) is 43.5 Å². The lowest BCUT2D eigenvalue weighted by Gasteiger charge is -2.17. The molecule has 0 fully saturated rings. The van der Waals surface area contributed by atoms with Gasteiger partial charge in [-0.2, -0.15) is 5.10 Å². The minimum Gasteiger partial charge on any atom is -0.494 e. The number of thiophene rings is 1. The number of halogens is 3. The Morgan fingerprint density at radius 1 is 1.19 bits per heavy atom. The number of benzene rings is 1. The van der Waals surface area contributed by atoms with Gasteiger partial charge in [-0.3, -0.25) is 9.89 Å². The van der Waals surface area contributed by atoms with Crippen LogP contribution in [0.1, 0.15) is 16.1 Å². The molecule has 0 aliphatic rings. The number of aryl methyl sites for hydroxylation is 1. The van der Waals surface area contributed by atoms with Gasteiger partial charge in [-0.15, -0.1) is 11.3 Å². The molecule has 4 aromatic rings. The van der Waals surface area contributed by atoms with E-state index in [-0.39, 0.29) is 27.2 Å². The van der Waals surface area contributed by atoms with Crippen LogP contribution in [0.25, 0.3) is 10.2 Å². The molecule has 0 aliphatic heterocycles. The molecule has 4 rings (SSSR count). The van der Waals surface area contributed by atoms with Crippen molar-refractivity contribution in [2.24, 2.45) is 0 Å². The van der Waals surface area contributed by atoms with E-state index in [4.69, 9.17) is 32.7 Å². The van der Waals surface area contributed by atoms with Gasteiger partial charge in [0.1, 0.15) is 20.8 Å². The summed E-state index contributed by atoms with van der Waals surface area (Å²) in [5.41, 5.74) is 1.87. The third kappa shape index (κ3) is 3.96. The molecular formula is C19H15BrCl2N6O3S. The molecule has 9 nitrogen and oxygen atoms in total. The summed E-state index contributed by atoms with van der Waals surface area (Å²) in [7, 11) is 2.90. The van der Waals surface area contributed by atoms with Crippen molar-refractivity contribution in [1.29, 1.82) is 0 Å². The number of ether oxygens (including phenoxy) is 2. The summed E-state index contributed by atoms with van der Waals surface area (Å²) in [6.07, 6.45) is 1.37. The molecule has 0 saturated carbocycles. The van der Waals surface area contributed by atoms with Gasteiger partial charge in [-0.05, 0) is 22.9 Å². The number of nitrogens with zero attached hydrogens (tertiary/aromatic N) is 3. The monoisotopic (exact) mass is 556 g/mol. The maximum Gasteiger partial charge on any atom is 0.258 e.